The Morgan fingerprint density at radius 2 is 2.50 bits per heavy atom. The quantitative estimate of drug-likeness (QED) is 0.454. The van der Waals surface area contributed by atoms with Crippen LogP contribution in [0.4, 0.5) is 4.39 Å². The molecule has 0 bridgehead atoms. The molecular formula is C4H7FN. The lowest BCUT2D eigenvalue weighted by atomic mass is 10.4. The van der Waals surface area contributed by atoms with E-state index in [1.807, 2.05) is 0 Å². The molecule has 6 heavy (non-hydrogen) atoms. The highest BCUT2D eigenvalue weighted by Crippen LogP contribution is 2.09. The maximum absolute atomic E-state index is 11.8. The standard InChI is InChI=1S/C4H7FN/c5-4-1-2-6-3-4/h6H,1-3H2. The van der Waals surface area contributed by atoms with Gasteiger partial charge in [-0.05, 0) is 13.0 Å². The Morgan fingerprint density at radius 1 is 1.67 bits per heavy atom. The Bertz CT molecular complexity index is 40.8. The summed E-state index contributed by atoms with van der Waals surface area (Å²) in [5.41, 5.74) is 0. The largest absolute Gasteiger partial charge is 0.313 e. The van der Waals surface area contributed by atoms with Crippen LogP contribution in [-0.2, 0) is 0 Å². The summed E-state index contributed by atoms with van der Waals surface area (Å²) in [5, 5.41) is 2.86. The van der Waals surface area contributed by atoms with Gasteiger partial charge >= 0.3 is 0 Å². The zero-order valence-electron chi connectivity index (χ0n) is 3.50. The van der Waals surface area contributed by atoms with Crippen LogP contribution in [0.25, 0.3) is 0 Å². The van der Waals surface area contributed by atoms with Gasteiger partial charge in [-0.1, -0.05) is 0 Å². The van der Waals surface area contributed by atoms with Crippen LogP contribution >= 0.6 is 0 Å². The molecule has 0 spiro atoms. The summed E-state index contributed by atoms with van der Waals surface area (Å²) in [6, 6.07) is 0. The average molecular weight is 88.1 g/mol. The third kappa shape index (κ3) is 0.684. The monoisotopic (exact) mass is 88.1 g/mol. The maximum Gasteiger partial charge on any atom is 0.159 e. The van der Waals surface area contributed by atoms with Crippen LogP contribution in [-0.4, -0.2) is 13.1 Å². The molecule has 1 saturated heterocycles. The van der Waals surface area contributed by atoms with E-state index in [1.165, 1.54) is 0 Å². The molecule has 0 unspecified atom stereocenters. The molecule has 1 heterocycles. The van der Waals surface area contributed by atoms with Gasteiger partial charge in [-0.3, -0.25) is 0 Å². The predicted octanol–water partition coefficient (Wildman–Crippen LogP) is 0.481. The molecule has 0 saturated carbocycles. The molecule has 1 rings (SSSR count). The second kappa shape index (κ2) is 1.56. The Balaban J connectivity index is 2.18. The first-order valence-corrected chi connectivity index (χ1v) is 2.10. The second-order valence-corrected chi connectivity index (χ2v) is 1.44. The van der Waals surface area contributed by atoms with E-state index in [1.54, 1.807) is 0 Å². The lowest BCUT2D eigenvalue weighted by molar-refractivity contribution is 0.495. The number of rotatable bonds is 0. The molecule has 0 amide bonds. The first kappa shape index (κ1) is 4.06. The minimum absolute atomic E-state index is 0.0926. The third-order valence-corrected chi connectivity index (χ3v) is 0.890. The van der Waals surface area contributed by atoms with Crippen molar-refractivity contribution in [2.24, 2.45) is 0 Å². The van der Waals surface area contributed by atoms with Crippen molar-refractivity contribution in [3.8, 4) is 0 Å². The highest BCUT2D eigenvalue weighted by Gasteiger charge is 2.12. The highest BCUT2D eigenvalue weighted by atomic mass is 19.1. The number of halogens is 1. The van der Waals surface area contributed by atoms with Gasteiger partial charge in [-0.25, -0.2) is 4.39 Å². The predicted molar refractivity (Wildman–Crippen MR) is 21.8 cm³/mol. The molecule has 1 aliphatic rings. The molecule has 1 nitrogen and oxygen atoms in total. The van der Waals surface area contributed by atoms with Gasteiger partial charge in [0.05, 0.1) is 0 Å². The third-order valence-electron chi connectivity index (χ3n) is 0.890. The molecular weight excluding hydrogens is 81.0 g/mol. The summed E-state index contributed by atoms with van der Waals surface area (Å²) in [4.78, 5) is 0. The van der Waals surface area contributed by atoms with Crippen molar-refractivity contribution in [3.63, 3.8) is 0 Å². The van der Waals surface area contributed by atoms with Crippen LogP contribution in [0.3, 0.4) is 0 Å². The Labute approximate surface area is 36.5 Å². The first-order chi connectivity index (χ1) is 2.89. The highest BCUT2D eigenvalue weighted by molar-refractivity contribution is 4.85. The van der Waals surface area contributed by atoms with Gasteiger partial charge in [0.15, 0.2) is 6.17 Å². The van der Waals surface area contributed by atoms with E-state index < -0.39 is 0 Å². The van der Waals surface area contributed by atoms with Gasteiger partial charge in [-0.15, -0.1) is 0 Å². The van der Waals surface area contributed by atoms with Gasteiger partial charge < -0.3 is 5.32 Å². The molecule has 1 N–H and O–H groups in total. The van der Waals surface area contributed by atoms with E-state index >= 15 is 0 Å². The Morgan fingerprint density at radius 3 is 2.67 bits per heavy atom. The zero-order valence-corrected chi connectivity index (χ0v) is 3.50. The molecule has 1 radical (unpaired) electrons. The molecule has 0 aromatic carbocycles. The molecule has 1 aliphatic heterocycles. The minimum atomic E-state index is 0.0926. The molecule has 1 fully saturated rings. The summed E-state index contributed by atoms with van der Waals surface area (Å²) in [6.07, 6.45) is 0.718. The fourth-order valence-corrected chi connectivity index (χ4v) is 0.536. The minimum Gasteiger partial charge on any atom is -0.313 e. The van der Waals surface area contributed by atoms with Crippen LogP contribution in [0, 0.1) is 6.17 Å². The average Bonchev–Trinajstić information content (AvgIpc) is 1.86. The lowest BCUT2D eigenvalue weighted by Crippen LogP contribution is -2.05. The maximum atomic E-state index is 11.8. The van der Waals surface area contributed by atoms with E-state index in [4.69, 9.17) is 0 Å². The fraction of sp³-hybridized carbons (Fsp3) is 0.750. The van der Waals surface area contributed by atoms with E-state index in [9.17, 15) is 4.39 Å². The van der Waals surface area contributed by atoms with Gasteiger partial charge in [0.1, 0.15) is 0 Å². The molecule has 0 atom stereocenters. The topological polar surface area (TPSA) is 12.0 Å². The molecule has 0 aromatic heterocycles. The van der Waals surface area contributed by atoms with Crippen molar-refractivity contribution in [3.05, 3.63) is 6.17 Å². The molecule has 2 heteroatoms. The smallest absolute Gasteiger partial charge is 0.159 e. The zero-order chi connectivity index (χ0) is 4.41. The summed E-state index contributed by atoms with van der Waals surface area (Å²) < 4.78 is 11.8. The first-order valence-electron chi connectivity index (χ1n) is 2.10. The SMILES string of the molecule is F[C]1CCNC1. The van der Waals surface area contributed by atoms with Crippen molar-refractivity contribution in [1.82, 2.24) is 5.32 Å². The number of nitrogens with one attached hydrogen (secondary N) is 1. The fourth-order valence-electron chi connectivity index (χ4n) is 0.536. The Kier molecular flexibility index (Phi) is 1.05. The van der Waals surface area contributed by atoms with Crippen LogP contribution in [0.2, 0.25) is 0 Å². The van der Waals surface area contributed by atoms with Crippen molar-refractivity contribution in [2.75, 3.05) is 13.1 Å². The van der Waals surface area contributed by atoms with Crippen molar-refractivity contribution >= 4 is 0 Å². The van der Waals surface area contributed by atoms with E-state index in [2.05, 4.69) is 5.32 Å². The summed E-state index contributed by atoms with van der Waals surface area (Å²) in [5.74, 6) is 0. The van der Waals surface area contributed by atoms with Gasteiger partial charge in [0.25, 0.3) is 0 Å². The van der Waals surface area contributed by atoms with Crippen LogP contribution in [0.15, 0.2) is 0 Å². The van der Waals surface area contributed by atoms with E-state index in [-0.39, 0.29) is 6.17 Å². The number of hydrogen-bond donors (Lipinski definition) is 1. The van der Waals surface area contributed by atoms with Crippen LogP contribution in [0.5, 0.6) is 0 Å². The number of hydrogen-bond acceptors (Lipinski definition) is 1. The van der Waals surface area contributed by atoms with Gasteiger partial charge in [-0.2, -0.15) is 0 Å². The second-order valence-electron chi connectivity index (χ2n) is 1.44. The normalized spacial score (nSPS) is 25.5. The van der Waals surface area contributed by atoms with Gasteiger partial charge in [0.2, 0.25) is 0 Å². The van der Waals surface area contributed by atoms with Crippen molar-refractivity contribution in [1.29, 1.82) is 0 Å². The Hall–Kier alpha value is -0.110. The summed E-state index contributed by atoms with van der Waals surface area (Å²) in [6.45, 7) is 1.31. The molecule has 0 aliphatic carbocycles. The lowest BCUT2D eigenvalue weighted by Gasteiger charge is -1.84. The van der Waals surface area contributed by atoms with Crippen LogP contribution < -0.4 is 5.32 Å². The van der Waals surface area contributed by atoms with Crippen molar-refractivity contribution in [2.45, 2.75) is 6.42 Å². The van der Waals surface area contributed by atoms with Crippen molar-refractivity contribution < 1.29 is 4.39 Å². The molecule has 0 aromatic rings. The van der Waals surface area contributed by atoms with E-state index in [0.29, 0.717) is 13.0 Å². The van der Waals surface area contributed by atoms with Crippen LogP contribution in [0.1, 0.15) is 6.42 Å². The van der Waals surface area contributed by atoms with E-state index in [0.717, 1.165) is 6.54 Å². The summed E-state index contributed by atoms with van der Waals surface area (Å²) >= 11 is 0. The van der Waals surface area contributed by atoms with Gasteiger partial charge in [0, 0.05) is 6.54 Å². The summed E-state index contributed by atoms with van der Waals surface area (Å²) in [7, 11) is 0. The molecule has 35 valence electrons.